The first kappa shape index (κ1) is 10.0. The Kier molecular flexibility index (Phi) is 2.38. The number of rotatable bonds is 3. The van der Waals surface area contributed by atoms with Gasteiger partial charge in [0.15, 0.2) is 12.0 Å². The van der Waals surface area contributed by atoms with Crippen LogP contribution in [0.4, 0.5) is 0 Å². The van der Waals surface area contributed by atoms with Crippen LogP contribution in [0.15, 0.2) is 35.2 Å². The van der Waals surface area contributed by atoms with Gasteiger partial charge < -0.3 is 10.2 Å². The van der Waals surface area contributed by atoms with Crippen molar-refractivity contribution in [2.45, 2.75) is 6.42 Å². The summed E-state index contributed by atoms with van der Waals surface area (Å²) in [6.45, 7) is 0.608. The quantitative estimate of drug-likeness (QED) is 0.715. The molecule has 5 nitrogen and oxygen atoms in total. The van der Waals surface area contributed by atoms with Crippen LogP contribution in [0.25, 0.3) is 22.4 Å². The van der Waals surface area contributed by atoms with Crippen molar-refractivity contribution in [3.05, 3.63) is 36.4 Å². The highest BCUT2D eigenvalue weighted by Gasteiger charge is 2.08. The van der Waals surface area contributed by atoms with Crippen LogP contribution < -0.4 is 5.73 Å². The maximum absolute atomic E-state index is 5.57. The van der Waals surface area contributed by atoms with Gasteiger partial charge in [-0.05, 0) is 30.7 Å². The topological polar surface area (TPSA) is 80.7 Å². The molecule has 0 unspecified atom stereocenters. The van der Waals surface area contributed by atoms with Crippen LogP contribution in [0.2, 0.25) is 0 Å². The second-order valence-corrected chi connectivity index (χ2v) is 3.84. The molecule has 17 heavy (non-hydrogen) atoms. The molecule has 0 saturated heterocycles. The number of nitrogens with two attached hydrogens (primary N) is 1. The van der Waals surface area contributed by atoms with Gasteiger partial charge in [-0.2, -0.15) is 5.10 Å². The predicted octanol–water partition coefficient (Wildman–Crippen LogP) is 1.72. The zero-order valence-corrected chi connectivity index (χ0v) is 9.18. The molecule has 2 aromatic heterocycles. The second-order valence-electron chi connectivity index (χ2n) is 3.84. The third-order valence-electron chi connectivity index (χ3n) is 2.75. The van der Waals surface area contributed by atoms with Crippen molar-refractivity contribution in [3.63, 3.8) is 0 Å². The largest absolute Gasteiger partial charge is 0.443 e. The Bertz CT molecular complexity index is 641. The monoisotopic (exact) mass is 228 g/mol. The number of hydrogen-bond donors (Lipinski definition) is 2. The standard InChI is InChI=1S/C12H12N4O/c13-4-3-9-6-15-16-12(9)8-1-2-10-11(5-8)17-7-14-10/h1-2,5-7H,3-4,13H2,(H,15,16). The molecule has 0 fully saturated rings. The van der Waals surface area contributed by atoms with E-state index in [2.05, 4.69) is 15.2 Å². The molecule has 0 spiro atoms. The molecule has 0 aliphatic rings. The lowest BCUT2D eigenvalue weighted by Crippen LogP contribution is -2.02. The average molecular weight is 228 g/mol. The highest BCUT2D eigenvalue weighted by Crippen LogP contribution is 2.25. The number of fused-ring (bicyclic) bond motifs is 1. The molecular formula is C12H12N4O. The van der Waals surface area contributed by atoms with Crippen molar-refractivity contribution in [1.29, 1.82) is 0 Å². The number of nitrogens with one attached hydrogen (secondary N) is 1. The molecule has 0 aliphatic carbocycles. The van der Waals surface area contributed by atoms with Crippen LogP contribution in [0.3, 0.4) is 0 Å². The minimum Gasteiger partial charge on any atom is -0.443 e. The molecule has 5 heteroatoms. The van der Waals surface area contributed by atoms with Crippen molar-refractivity contribution in [2.24, 2.45) is 5.73 Å². The van der Waals surface area contributed by atoms with E-state index in [1.807, 2.05) is 24.4 Å². The van der Waals surface area contributed by atoms with Gasteiger partial charge in [0, 0.05) is 5.56 Å². The molecule has 2 heterocycles. The summed E-state index contributed by atoms with van der Waals surface area (Å²) in [5, 5.41) is 7.05. The molecule has 0 radical (unpaired) electrons. The summed E-state index contributed by atoms with van der Waals surface area (Å²) in [4.78, 5) is 4.09. The van der Waals surface area contributed by atoms with E-state index in [1.54, 1.807) is 0 Å². The maximum Gasteiger partial charge on any atom is 0.181 e. The van der Waals surface area contributed by atoms with Crippen molar-refractivity contribution < 1.29 is 4.42 Å². The van der Waals surface area contributed by atoms with E-state index in [0.29, 0.717) is 6.54 Å². The van der Waals surface area contributed by atoms with Gasteiger partial charge in [0.1, 0.15) is 5.52 Å². The summed E-state index contributed by atoms with van der Waals surface area (Å²) < 4.78 is 5.29. The lowest BCUT2D eigenvalue weighted by atomic mass is 10.1. The Morgan fingerprint density at radius 1 is 1.35 bits per heavy atom. The Morgan fingerprint density at radius 2 is 2.29 bits per heavy atom. The van der Waals surface area contributed by atoms with Gasteiger partial charge in [-0.3, -0.25) is 5.10 Å². The molecule has 0 atom stereocenters. The first-order valence-electron chi connectivity index (χ1n) is 5.44. The fraction of sp³-hybridized carbons (Fsp3) is 0.167. The van der Waals surface area contributed by atoms with Crippen molar-refractivity contribution in [2.75, 3.05) is 6.54 Å². The number of benzene rings is 1. The van der Waals surface area contributed by atoms with Crippen LogP contribution >= 0.6 is 0 Å². The summed E-state index contributed by atoms with van der Waals surface area (Å²) >= 11 is 0. The molecule has 0 saturated carbocycles. The van der Waals surface area contributed by atoms with Crippen LogP contribution in [-0.2, 0) is 6.42 Å². The fourth-order valence-corrected chi connectivity index (χ4v) is 1.92. The SMILES string of the molecule is NCCc1cn[nH]c1-c1ccc2ncoc2c1. The van der Waals surface area contributed by atoms with Crippen molar-refractivity contribution in [3.8, 4) is 11.3 Å². The summed E-state index contributed by atoms with van der Waals surface area (Å²) in [6.07, 6.45) is 4.06. The van der Waals surface area contributed by atoms with Gasteiger partial charge >= 0.3 is 0 Å². The lowest BCUT2D eigenvalue weighted by Gasteiger charge is -2.01. The number of nitrogens with zero attached hydrogens (tertiary/aromatic N) is 2. The van der Waals surface area contributed by atoms with Gasteiger partial charge in [0.2, 0.25) is 0 Å². The van der Waals surface area contributed by atoms with Crippen molar-refractivity contribution in [1.82, 2.24) is 15.2 Å². The lowest BCUT2D eigenvalue weighted by molar-refractivity contribution is 0.602. The summed E-state index contributed by atoms with van der Waals surface area (Å²) in [7, 11) is 0. The first-order chi connectivity index (χ1) is 8.38. The third kappa shape index (κ3) is 1.70. The summed E-state index contributed by atoms with van der Waals surface area (Å²) in [6, 6.07) is 5.88. The van der Waals surface area contributed by atoms with E-state index in [0.717, 1.165) is 34.3 Å². The highest BCUT2D eigenvalue weighted by molar-refractivity contribution is 5.79. The van der Waals surface area contributed by atoms with E-state index < -0.39 is 0 Å². The molecule has 3 rings (SSSR count). The minimum absolute atomic E-state index is 0.608. The number of oxazole rings is 1. The van der Waals surface area contributed by atoms with E-state index >= 15 is 0 Å². The highest BCUT2D eigenvalue weighted by atomic mass is 16.3. The predicted molar refractivity (Wildman–Crippen MR) is 64.3 cm³/mol. The third-order valence-corrected chi connectivity index (χ3v) is 2.75. The van der Waals surface area contributed by atoms with Gasteiger partial charge in [-0.15, -0.1) is 0 Å². The van der Waals surface area contributed by atoms with Gasteiger partial charge in [0.25, 0.3) is 0 Å². The Hall–Kier alpha value is -2.14. The number of H-pyrrole nitrogens is 1. The van der Waals surface area contributed by atoms with Crippen LogP contribution in [0, 0.1) is 0 Å². The van der Waals surface area contributed by atoms with Crippen LogP contribution in [0.1, 0.15) is 5.56 Å². The maximum atomic E-state index is 5.57. The normalized spacial score (nSPS) is 11.1. The molecule has 86 valence electrons. The molecule has 0 amide bonds. The zero-order valence-electron chi connectivity index (χ0n) is 9.18. The molecular weight excluding hydrogens is 216 g/mol. The Morgan fingerprint density at radius 3 is 3.18 bits per heavy atom. The summed E-state index contributed by atoms with van der Waals surface area (Å²) in [5.41, 5.74) is 10.3. The van der Waals surface area contributed by atoms with E-state index in [4.69, 9.17) is 10.2 Å². The minimum atomic E-state index is 0.608. The van der Waals surface area contributed by atoms with E-state index in [-0.39, 0.29) is 0 Å². The van der Waals surface area contributed by atoms with Crippen molar-refractivity contribution >= 4 is 11.1 Å². The number of aromatic nitrogens is 3. The van der Waals surface area contributed by atoms with E-state index in [9.17, 15) is 0 Å². The molecule has 0 aliphatic heterocycles. The Balaban J connectivity index is 2.09. The number of hydrogen-bond acceptors (Lipinski definition) is 4. The molecule has 1 aromatic carbocycles. The van der Waals surface area contributed by atoms with Gasteiger partial charge in [0.05, 0.1) is 11.9 Å². The second kappa shape index (κ2) is 4.03. The van der Waals surface area contributed by atoms with Crippen LogP contribution in [0.5, 0.6) is 0 Å². The molecule has 3 aromatic rings. The van der Waals surface area contributed by atoms with E-state index in [1.165, 1.54) is 6.39 Å². The smallest absolute Gasteiger partial charge is 0.181 e. The first-order valence-corrected chi connectivity index (χ1v) is 5.44. The molecule has 0 bridgehead atoms. The fourth-order valence-electron chi connectivity index (χ4n) is 1.92. The Labute approximate surface area is 97.7 Å². The average Bonchev–Trinajstić information content (AvgIpc) is 2.96. The van der Waals surface area contributed by atoms with Crippen LogP contribution in [-0.4, -0.2) is 21.7 Å². The van der Waals surface area contributed by atoms with Gasteiger partial charge in [-0.1, -0.05) is 6.07 Å². The number of aromatic amines is 1. The molecule has 3 N–H and O–H groups in total. The zero-order chi connectivity index (χ0) is 11.7. The summed E-state index contributed by atoms with van der Waals surface area (Å²) in [5.74, 6) is 0. The van der Waals surface area contributed by atoms with Gasteiger partial charge in [-0.25, -0.2) is 4.98 Å².